The van der Waals surface area contributed by atoms with Crippen molar-refractivity contribution in [3.63, 3.8) is 0 Å². The summed E-state index contributed by atoms with van der Waals surface area (Å²) in [6.07, 6.45) is -5.08. The van der Waals surface area contributed by atoms with Gasteiger partial charge in [-0.2, -0.15) is 13.2 Å². The van der Waals surface area contributed by atoms with E-state index in [-0.39, 0.29) is 34.7 Å². The molecular weight excluding hydrogens is 655 g/mol. The second kappa shape index (κ2) is 14.1. The standard InChI is InChI=1S/C21H23N7O8S2.C2HF3O2/c1-35-13(30)7-27-20(24-25-26-27)38-9-11-8-37-19-21(36-2,18(34)28(19)15(11)17(32)33)23-16(31)14(22)10-3-5-12(29)6-4-10;3-2(4,5)1(6)7/h3-6,14,19,29H,7-9,22H2,1-2H3,(H,23,31)(H,32,33);(H,6,7)/t14?,19-,21+;/m1./s1. The second-order valence-corrected chi connectivity index (χ2v) is 10.9. The summed E-state index contributed by atoms with van der Waals surface area (Å²) in [7, 11) is 2.46. The predicted octanol–water partition coefficient (Wildman–Crippen LogP) is -0.310. The minimum atomic E-state index is -5.08. The first kappa shape index (κ1) is 35.1. The molecule has 2 aliphatic heterocycles. The molecule has 1 aromatic heterocycles. The van der Waals surface area contributed by atoms with E-state index in [4.69, 9.17) is 20.4 Å². The van der Waals surface area contributed by atoms with Crippen LogP contribution in [-0.2, 0) is 40.0 Å². The average Bonchev–Trinajstić information content (AvgIpc) is 3.44. The van der Waals surface area contributed by atoms with Crippen molar-refractivity contribution in [2.24, 2.45) is 5.73 Å². The lowest BCUT2D eigenvalue weighted by atomic mass is 9.97. The number of halogens is 3. The van der Waals surface area contributed by atoms with Crippen LogP contribution in [0, 0.1) is 0 Å². The molecule has 2 amide bonds. The van der Waals surface area contributed by atoms with Gasteiger partial charge in [-0.25, -0.2) is 14.3 Å². The fraction of sp³-hybridized carbons (Fsp3) is 0.391. The minimum absolute atomic E-state index is 0.0000535. The maximum atomic E-state index is 13.3. The molecule has 0 aliphatic carbocycles. The summed E-state index contributed by atoms with van der Waals surface area (Å²) in [5, 5.41) is 39.6. The number of hydrogen-bond acceptors (Lipinski definition) is 14. The highest BCUT2D eigenvalue weighted by Gasteiger charge is 2.66. The topological polar surface area (TPSA) is 249 Å². The predicted molar refractivity (Wildman–Crippen MR) is 145 cm³/mol. The molecule has 3 atom stereocenters. The van der Waals surface area contributed by atoms with Crippen LogP contribution in [0.1, 0.15) is 11.6 Å². The lowest BCUT2D eigenvalue weighted by molar-refractivity contribution is -0.192. The molecule has 1 unspecified atom stereocenters. The van der Waals surface area contributed by atoms with Crippen molar-refractivity contribution in [3.8, 4) is 5.75 Å². The number of carboxylic acids is 2. The quantitative estimate of drug-likeness (QED) is 0.0935. The van der Waals surface area contributed by atoms with E-state index in [0.29, 0.717) is 11.1 Å². The number of aromatic nitrogens is 4. The number of benzene rings is 1. The van der Waals surface area contributed by atoms with E-state index in [1.165, 1.54) is 54.9 Å². The molecule has 2 aliphatic rings. The number of hydrogen-bond donors (Lipinski definition) is 5. The number of carbonyl (C=O) groups excluding carboxylic acids is 3. The van der Waals surface area contributed by atoms with Gasteiger partial charge in [0.05, 0.1) is 7.11 Å². The molecule has 0 bridgehead atoms. The number of esters is 1. The van der Waals surface area contributed by atoms with Crippen LogP contribution in [0.15, 0.2) is 40.7 Å². The van der Waals surface area contributed by atoms with Gasteiger partial charge < -0.3 is 35.8 Å². The van der Waals surface area contributed by atoms with Crippen LogP contribution in [-0.4, -0.2) is 113 Å². The number of alkyl halides is 3. The number of carboxylic acid groups (broad SMARTS) is 2. The zero-order chi connectivity index (χ0) is 33.7. The fourth-order valence-corrected chi connectivity index (χ4v) is 6.34. The second-order valence-electron chi connectivity index (χ2n) is 8.88. The molecule has 244 valence electrons. The maximum Gasteiger partial charge on any atom is 0.490 e. The third kappa shape index (κ3) is 7.64. The Balaban J connectivity index is 0.000000707. The third-order valence-corrected chi connectivity index (χ3v) is 8.52. The Morgan fingerprint density at radius 1 is 1.22 bits per heavy atom. The molecule has 17 nitrogen and oxygen atoms in total. The molecule has 1 fully saturated rings. The van der Waals surface area contributed by atoms with E-state index in [0.717, 1.165) is 16.7 Å². The number of fused-ring (bicyclic) bond motifs is 1. The van der Waals surface area contributed by atoms with Crippen molar-refractivity contribution < 1.29 is 61.9 Å². The SMILES string of the molecule is COC(=O)Cn1nnnc1SCC1=C(C(=O)O)N2C(=O)[C@](NC(=O)C(N)c3ccc(O)cc3)(OC)[C@H]2SC1.O=C(O)C(F)(F)F. The number of rotatable bonds is 10. The smallest absolute Gasteiger partial charge is 0.490 e. The number of nitrogens with zero attached hydrogens (tertiary/aromatic N) is 5. The molecule has 3 heterocycles. The number of carbonyl (C=O) groups is 5. The molecule has 4 rings (SSSR count). The normalized spacial score (nSPS) is 19.8. The summed E-state index contributed by atoms with van der Waals surface area (Å²) >= 11 is 2.30. The van der Waals surface area contributed by atoms with E-state index in [9.17, 15) is 42.6 Å². The Kier molecular flexibility index (Phi) is 11.0. The maximum absolute atomic E-state index is 13.3. The lowest BCUT2D eigenvalue weighted by Crippen LogP contribution is -2.81. The van der Waals surface area contributed by atoms with E-state index in [2.05, 4.69) is 25.6 Å². The minimum Gasteiger partial charge on any atom is -0.508 e. The Hall–Kier alpha value is -4.41. The lowest BCUT2D eigenvalue weighted by Gasteiger charge is -2.56. The summed E-state index contributed by atoms with van der Waals surface area (Å²) in [5.41, 5.74) is 4.80. The Bertz CT molecular complexity index is 1500. The first-order valence-corrected chi connectivity index (χ1v) is 14.2. The van der Waals surface area contributed by atoms with Crippen LogP contribution in [0.25, 0.3) is 0 Å². The molecule has 1 saturated heterocycles. The highest BCUT2D eigenvalue weighted by Crippen LogP contribution is 2.47. The molecule has 22 heteroatoms. The monoisotopic (exact) mass is 679 g/mol. The fourth-order valence-electron chi connectivity index (χ4n) is 3.89. The van der Waals surface area contributed by atoms with Gasteiger partial charge in [-0.05, 0) is 33.7 Å². The van der Waals surface area contributed by atoms with Crippen molar-refractivity contribution in [3.05, 3.63) is 41.1 Å². The summed E-state index contributed by atoms with van der Waals surface area (Å²) < 4.78 is 43.0. The molecule has 6 N–H and O–H groups in total. The van der Waals surface area contributed by atoms with Gasteiger partial charge in [-0.15, -0.1) is 16.9 Å². The van der Waals surface area contributed by atoms with Crippen LogP contribution in [0.3, 0.4) is 0 Å². The summed E-state index contributed by atoms with van der Waals surface area (Å²) in [5.74, 6) is -5.81. The number of ether oxygens (including phenoxy) is 2. The van der Waals surface area contributed by atoms with E-state index in [1.54, 1.807) is 0 Å². The van der Waals surface area contributed by atoms with Crippen molar-refractivity contribution in [2.45, 2.75) is 35.0 Å². The zero-order valence-corrected chi connectivity index (χ0v) is 24.7. The number of thioether (sulfide) groups is 2. The highest BCUT2D eigenvalue weighted by molar-refractivity contribution is 8.01. The molecule has 0 radical (unpaired) electrons. The molecular formula is C23H24F3N7O10S2. The number of nitrogens with one attached hydrogen (secondary N) is 1. The zero-order valence-electron chi connectivity index (χ0n) is 23.0. The molecule has 0 spiro atoms. The first-order valence-electron chi connectivity index (χ1n) is 12.2. The van der Waals surface area contributed by atoms with Crippen LogP contribution in [0.4, 0.5) is 13.2 Å². The summed E-state index contributed by atoms with van der Waals surface area (Å²) in [6.45, 7) is -0.222. The highest BCUT2D eigenvalue weighted by atomic mass is 32.2. The van der Waals surface area contributed by atoms with Gasteiger partial charge in [0.15, 0.2) is 0 Å². The van der Waals surface area contributed by atoms with Crippen molar-refractivity contribution >= 4 is 53.2 Å². The number of β-lactam (4-membered cyclic amide) rings is 1. The average molecular weight is 680 g/mol. The Morgan fingerprint density at radius 3 is 2.38 bits per heavy atom. The van der Waals surface area contributed by atoms with Gasteiger partial charge in [0.25, 0.3) is 11.6 Å². The van der Waals surface area contributed by atoms with Crippen LogP contribution in [0.2, 0.25) is 0 Å². The van der Waals surface area contributed by atoms with Gasteiger partial charge in [-0.1, -0.05) is 23.9 Å². The van der Waals surface area contributed by atoms with Crippen LogP contribution >= 0.6 is 23.5 Å². The van der Waals surface area contributed by atoms with Gasteiger partial charge >= 0.3 is 24.1 Å². The number of nitrogens with two attached hydrogens (primary N) is 1. The first-order chi connectivity index (χ1) is 21.1. The Morgan fingerprint density at radius 2 is 1.84 bits per heavy atom. The molecule has 0 saturated carbocycles. The van der Waals surface area contributed by atoms with Gasteiger partial charge in [0, 0.05) is 18.6 Å². The van der Waals surface area contributed by atoms with Crippen molar-refractivity contribution in [2.75, 3.05) is 25.7 Å². The summed E-state index contributed by atoms with van der Waals surface area (Å²) in [6, 6.07) is 4.52. The third-order valence-electron chi connectivity index (χ3n) is 6.10. The van der Waals surface area contributed by atoms with Crippen LogP contribution in [0.5, 0.6) is 5.75 Å². The van der Waals surface area contributed by atoms with Gasteiger partial charge in [-0.3, -0.25) is 19.3 Å². The molecule has 45 heavy (non-hydrogen) atoms. The Labute approximate surface area is 258 Å². The van der Waals surface area contributed by atoms with E-state index in [1.807, 2.05) is 0 Å². The summed E-state index contributed by atoms with van der Waals surface area (Å²) in [4.78, 5) is 59.9. The van der Waals surface area contributed by atoms with Gasteiger partial charge in [0.1, 0.15) is 29.4 Å². The largest absolute Gasteiger partial charge is 0.508 e. The van der Waals surface area contributed by atoms with Crippen LogP contribution < -0.4 is 11.1 Å². The number of phenols is 1. The number of phenolic OH excluding ortho intramolecular Hbond substituents is 1. The number of tetrazole rings is 1. The molecule has 2 aromatic rings. The number of methoxy groups -OCH3 is 2. The van der Waals surface area contributed by atoms with Crippen molar-refractivity contribution in [1.82, 2.24) is 30.4 Å². The van der Waals surface area contributed by atoms with Crippen molar-refractivity contribution in [1.29, 1.82) is 0 Å². The molecule has 1 aromatic carbocycles. The number of aromatic hydroxyl groups is 1. The van der Waals surface area contributed by atoms with E-state index >= 15 is 0 Å². The van der Waals surface area contributed by atoms with E-state index < -0.39 is 53.0 Å². The van der Waals surface area contributed by atoms with Gasteiger partial charge in [0.2, 0.25) is 11.1 Å². The number of amides is 2. The number of aliphatic carboxylic acids is 2.